The van der Waals surface area contributed by atoms with E-state index in [4.69, 9.17) is 9.47 Å². The summed E-state index contributed by atoms with van der Waals surface area (Å²) in [4.78, 5) is 11.0. The Kier molecular flexibility index (Phi) is 5.70. The molecule has 2 atom stereocenters. The second-order valence-corrected chi connectivity index (χ2v) is 5.10. The van der Waals surface area contributed by atoms with E-state index in [-0.39, 0.29) is 6.10 Å². The molecule has 0 aliphatic carbocycles. The summed E-state index contributed by atoms with van der Waals surface area (Å²) in [5.74, 6) is 0.757. The lowest BCUT2D eigenvalue weighted by Gasteiger charge is -2.26. The van der Waals surface area contributed by atoms with Crippen LogP contribution >= 0.6 is 0 Å². The maximum absolute atomic E-state index is 5.59. The minimum absolute atomic E-state index is 0.235. The van der Waals surface area contributed by atoms with E-state index in [1.807, 2.05) is 19.4 Å². The summed E-state index contributed by atoms with van der Waals surface area (Å²) in [7, 11) is 3.73. The number of anilines is 1. The van der Waals surface area contributed by atoms with Gasteiger partial charge in [-0.25, -0.2) is 9.97 Å². The molecule has 0 amide bonds. The summed E-state index contributed by atoms with van der Waals surface area (Å²) in [5.41, 5.74) is 1.08. The minimum Gasteiger partial charge on any atom is -0.383 e. The largest absolute Gasteiger partial charge is 0.383 e. The molecule has 0 radical (unpaired) electrons. The molecule has 1 saturated heterocycles. The van der Waals surface area contributed by atoms with Crippen LogP contribution in [0.15, 0.2) is 12.4 Å². The number of ether oxygens (including phenoxy) is 2. The van der Waals surface area contributed by atoms with Crippen molar-refractivity contribution in [1.82, 2.24) is 15.3 Å². The van der Waals surface area contributed by atoms with Crippen molar-refractivity contribution in [2.75, 3.05) is 38.8 Å². The van der Waals surface area contributed by atoms with Gasteiger partial charge >= 0.3 is 0 Å². The Morgan fingerprint density at radius 3 is 2.80 bits per heavy atom. The highest BCUT2D eigenvalue weighted by molar-refractivity contribution is 5.31. The molecule has 2 unspecified atom stereocenters. The van der Waals surface area contributed by atoms with Gasteiger partial charge in [-0.05, 0) is 13.3 Å². The Hall–Kier alpha value is -1.24. The van der Waals surface area contributed by atoms with Gasteiger partial charge in [-0.3, -0.25) is 0 Å². The Labute approximate surface area is 120 Å². The molecule has 6 heteroatoms. The zero-order valence-corrected chi connectivity index (χ0v) is 12.5. The van der Waals surface area contributed by atoms with E-state index in [0.29, 0.717) is 12.6 Å². The Balaban J connectivity index is 1.87. The van der Waals surface area contributed by atoms with Crippen LogP contribution in [0, 0.1) is 0 Å². The average molecular weight is 280 g/mol. The van der Waals surface area contributed by atoms with Crippen LogP contribution in [0.3, 0.4) is 0 Å². The average Bonchev–Trinajstić information content (AvgIpc) is 2.90. The van der Waals surface area contributed by atoms with Crippen LogP contribution in [0.2, 0.25) is 0 Å². The van der Waals surface area contributed by atoms with Crippen molar-refractivity contribution < 1.29 is 9.47 Å². The summed E-state index contributed by atoms with van der Waals surface area (Å²) in [6.07, 6.45) is 5.01. The van der Waals surface area contributed by atoms with Gasteiger partial charge in [-0.2, -0.15) is 0 Å². The first-order valence-electron chi connectivity index (χ1n) is 7.07. The summed E-state index contributed by atoms with van der Waals surface area (Å²) >= 11 is 0. The molecular formula is C14H24N4O2. The maximum atomic E-state index is 5.59. The lowest BCUT2D eigenvalue weighted by atomic mass is 10.1. The molecule has 0 aromatic carbocycles. The fraction of sp³-hybridized carbons (Fsp3) is 0.714. The summed E-state index contributed by atoms with van der Waals surface area (Å²) in [6.45, 7) is 5.21. The van der Waals surface area contributed by atoms with E-state index in [1.165, 1.54) is 0 Å². The number of likely N-dealkylation sites (N-methyl/N-ethyl adjacent to an activating group) is 1. The van der Waals surface area contributed by atoms with Crippen LogP contribution in [0.25, 0.3) is 0 Å². The Morgan fingerprint density at radius 1 is 1.45 bits per heavy atom. The van der Waals surface area contributed by atoms with E-state index in [0.717, 1.165) is 37.6 Å². The first-order chi connectivity index (χ1) is 9.72. The molecule has 20 heavy (non-hydrogen) atoms. The topological polar surface area (TPSA) is 59.5 Å². The molecule has 0 bridgehead atoms. The van der Waals surface area contributed by atoms with Crippen molar-refractivity contribution in [3.8, 4) is 0 Å². The van der Waals surface area contributed by atoms with Gasteiger partial charge in [0.15, 0.2) is 0 Å². The van der Waals surface area contributed by atoms with E-state index in [2.05, 4.69) is 27.1 Å². The van der Waals surface area contributed by atoms with Gasteiger partial charge in [0.2, 0.25) is 5.95 Å². The van der Waals surface area contributed by atoms with Crippen LogP contribution in [0.1, 0.15) is 18.9 Å². The quantitative estimate of drug-likeness (QED) is 0.747. The number of nitrogens with zero attached hydrogens (tertiary/aromatic N) is 3. The zero-order valence-electron chi connectivity index (χ0n) is 12.5. The second kappa shape index (κ2) is 7.52. The fourth-order valence-corrected chi connectivity index (χ4v) is 2.41. The monoisotopic (exact) mass is 280 g/mol. The van der Waals surface area contributed by atoms with E-state index in [9.17, 15) is 0 Å². The SMILES string of the molecule is COCCNCc1cnc(N(C)C2CCOC2C)nc1. The molecular weight excluding hydrogens is 256 g/mol. The molecule has 0 saturated carbocycles. The molecule has 1 fully saturated rings. The lowest BCUT2D eigenvalue weighted by Crippen LogP contribution is -2.37. The first kappa shape index (κ1) is 15.2. The van der Waals surface area contributed by atoms with Crippen LogP contribution in [0.5, 0.6) is 0 Å². The number of methoxy groups -OCH3 is 1. The fourth-order valence-electron chi connectivity index (χ4n) is 2.41. The van der Waals surface area contributed by atoms with Gasteiger partial charge in [-0.1, -0.05) is 0 Å². The molecule has 6 nitrogen and oxygen atoms in total. The third-order valence-electron chi connectivity index (χ3n) is 3.65. The van der Waals surface area contributed by atoms with Crippen LogP contribution < -0.4 is 10.2 Å². The molecule has 1 aliphatic heterocycles. The third-order valence-corrected chi connectivity index (χ3v) is 3.65. The van der Waals surface area contributed by atoms with E-state index >= 15 is 0 Å². The molecule has 2 rings (SSSR count). The van der Waals surface area contributed by atoms with E-state index < -0.39 is 0 Å². The highest BCUT2D eigenvalue weighted by atomic mass is 16.5. The summed E-state index contributed by atoms with van der Waals surface area (Å²) in [6, 6.07) is 0.362. The number of hydrogen-bond acceptors (Lipinski definition) is 6. The van der Waals surface area contributed by atoms with Gasteiger partial charge in [0.25, 0.3) is 0 Å². The van der Waals surface area contributed by atoms with Crippen LogP contribution in [-0.2, 0) is 16.0 Å². The molecule has 2 heterocycles. The highest BCUT2D eigenvalue weighted by Gasteiger charge is 2.29. The lowest BCUT2D eigenvalue weighted by molar-refractivity contribution is 0.118. The van der Waals surface area contributed by atoms with Crippen molar-refractivity contribution in [1.29, 1.82) is 0 Å². The van der Waals surface area contributed by atoms with Crippen molar-refractivity contribution in [2.45, 2.75) is 32.0 Å². The number of nitrogens with one attached hydrogen (secondary N) is 1. The standard InChI is InChI=1S/C14H24N4O2/c1-11-13(4-6-20-11)18(2)14-16-9-12(10-17-14)8-15-5-7-19-3/h9-11,13,15H,4-8H2,1-3H3. The molecule has 1 aliphatic rings. The van der Waals surface area contributed by atoms with Crippen molar-refractivity contribution >= 4 is 5.95 Å². The second-order valence-electron chi connectivity index (χ2n) is 5.10. The predicted octanol–water partition coefficient (Wildman–Crippen LogP) is 0.826. The normalized spacial score (nSPS) is 22.1. The van der Waals surface area contributed by atoms with Gasteiger partial charge in [0.05, 0.1) is 18.8 Å². The predicted molar refractivity (Wildman–Crippen MR) is 77.8 cm³/mol. The molecule has 1 aromatic heterocycles. The first-order valence-corrected chi connectivity index (χ1v) is 7.07. The molecule has 0 spiro atoms. The Bertz CT molecular complexity index is 399. The number of aromatic nitrogens is 2. The van der Waals surface area contributed by atoms with Gasteiger partial charge < -0.3 is 19.7 Å². The minimum atomic E-state index is 0.235. The van der Waals surface area contributed by atoms with Crippen molar-refractivity contribution in [3.63, 3.8) is 0 Å². The van der Waals surface area contributed by atoms with Crippen molar-refractivity contribution in [3.05, 3.63) is 18.0 Å². The maximum Gasteiger partial charge on any atom is 0.225 e. The van der Waals surface area contributed by atoms with Gasteiger partial charge in [0, 0.05) is 51.8 Å². The zero-order chi connectivity index (χ0) is 14.4. The Morgan fingerprint density at radius 2 is 2.20 bits per heavy atom. The van der Waals surface area contributed by atoms with Gasteiger partial charge in [0.1, 0.15) is 0 Å². The summed E-state index contributed by atoms with van der Waals surface area (Å²) in [5, 5.41) is 3.27. The molecule has 1 aromatic rings. The molecule has 1 N–H and O–H groups in total. The summed E-state index contributed by atoms with van der Waals surface area (Å²) < 4.78 is 10.6. The van der Waals surface area contributed by atoms with E-state index in [1.54, 1.807) is 7.11 Å². The molecule has 112 valence electrons. The number of rotatable bonds is 7. The highest BCUT2D eigenvalue weighted by Crippen LogP contribution is 2.21. The van der Waals surface area contributed by atoms with Crippen LogP contribution in [-0.4, -0.2) is 56.0 Å². The smallest absolute Gasteiger partial charge is 0.225 e. The number of hydrogen-bond donors (Lipinski definition) is 1. The van der Waals surface area contributed by atoms with Crippen molar-refractivity contribution in [2.24, 2.45) is 0 Å². The van der Waals surface area contributed by atoms with Gasteiger partial charge in [-0.15, -0.1) is 0 Å². The van der Waals surface area contributed by atoms with Crippen LogP contribution in [0.4, 0.5) is 5.95 Å². The third kappa shape index (κ3) is 3.88.